The summed E-state index contributed by atoms with van der Waals surface area (Å²) in [6.45, 7) is 8.97. The number of hydrogen-bond acceptors (Lipinski definition) is 7. The van der Waals surface area contributed by atoms with Gasteiger partial charge >= 0.3 is 5.97 Å². The molecule has 2 N–H and O–H groups in total. The lowest BCUT2D eigenvalue weighted by molar-refractivity contribution is -0.146. The van der Waals surface area contributed by atoms with Gasteiger partial charge in [-0.15, -0.1) is 0 Å². The molecule has 6 rings (SSSR count). The zero-order chi connectivity index (χ0) is 38.7. The molecule has 0 aliphatic carbocycles. The van der Waals surface area contributed by atoms with Gasteiger partial charge < -0.3 is 10.1 Å². The summed E-state index contributed by atoms with van der Waals surface area (Å²) in [5.74, 6) is -2.99. The molecule has 0 spiro atoms. The number of fused-ring (bicyclic) bond motifs is 8. The Morgan fingerprint density at radius 2 is 1.74 bits per heavy atom. The maximum atomic E-state index is 15.9. The summed E-state index contributed by atoms with van der Waals surface area (Å²) in [5, 5.41) is 14.9. The van der Waals surface area contributed by atoms with Gasteiger partial charge in [-0.25, -0.2) is 35.3 Å². The molecule has 14 heteroatoms. The minimum Gasteiger partial charge on any atom is -0.481 e. The van der Waals surface area contributed by atoms with E-state index in [4.69, 9.17) is 10.1 Å². The normalized spacial score (nSPS) is 20.3. The van der Waals surface area contributed by atoms with Crippen molar-refractivity contribution in [3.05, 3.63) is 94.9 Å². The highest BCUT2D eigenvalue weighted by Crippen LogP contribution is 2.41. The lowest BCUT2D eigenvalue weighted by atomic mass is 9.74. The molecule has 4 bridgehead atoms. The van der Waals surface area contributed by atoms with Crippen LogP contribution in [-0.4, -0.2) is 59.2 Å². The minimum atomic E-state index is -4.67. The Morgan fingerprint density at radius 3 is 2.45 bits per heavy atom. The lowest BCUT2D eigenvalue weighted by Crippen LogP contribution is -2.30. The van der Waals surface area contributed by atoms with Crippen LogP contribution in [0.3, 0.4) is 0 Å². The summed E-state index contributed by atoms with van der Waals surface area (Å²) in [7, 11) is -6.87. The van der Waals surface area contributed by atoms with E-state index in [0.717, 1.165) is 35.4 Å². The second-order valence-corrected chi connectivity index (χ2v) is 20.0. The number of aromatic nitrogens is 4. The number of benzene rings is 3. The Labute approximate surface area is 308 Å². The van der Waals surface area contributed by atoms with E-state index in [1.807, 2.05) is 45.0 Å². The second kappa shape index (κ2) is 13.5. The third-order valence-corrected chi connectivity index (χ3v) is 14.4. The molecular weight excluding hydrogens is 723 g/mol. The monoisotopic (exact) mass is 766 g/mol. The van der Waals surface area contributed by atoms with Crippen LogP contribution >= 0.6 is 0 Å². The summed E-state index contributed by atoms with van der Waals surface area (Å²) in [5.41, 5.74) is -0.891. The van der Waals surface area contributed by atoms with Crippen molar-refractivity contribution in [1.82, 2.24) is 19.7 Å². The van der Waals surface area contributed by atoms with E-state index in [1.54, 1.807) is 27.0 Å². The number of nitrogens with one attached hydrogen (secondary N) is 1. The topological polar surface area (TPSA) is 152 Å². The standard InChI is InChI=1S/C39H44F2N4O6S2/c1-37(2)15-8-16-39(5,25-10-7-9-24(19-25)22-38(3,4)36(46)47)35-43-34(45(6)44-35)29-20-26(11-12-30(29)40)53(50,51)33-28(14-18-52(48,49)23-37)27-13-17-42-32(27)21-31(33)41/h7,9-13,17,19-21,42H,8,14-16,18,22-23H2,1-6H3,(H,46,47)/t39-/m1/s1. The van der Waals surface area contributed by atoms with Crippen LogP contribution in [0.4, 0.5) is 8.78 Å². The number of halogens is 2. The predicted octanol–water partition coefficient (Wildman–Crippen LogP) is 7.20. The van der Waals surface area contributed by atoms with Gasteiger partial charge in [-0.05, 0) is 98.9 Å². The van der Waals surface area contributed by atoms with Crippen molar-refractivity contribution < 1.29 is 35.5 Å². The molecule has 0 saturated carbocycles. The van der Waals surface area contributed by atoms with Crippen molar-refractivity contribution in [3.8, 4) is 11.4 Å². The largest absolute Gasteiger partial charge is 0.481 e. The first kappa shape index (κ1) is 38.3. The molecule has 53 heavy (non-hydrogen) atoms. The van der Waals surface area contributed by atoms with Crippen LogP contribution in [0.1, 0.15) is 76.4 Å². The maximum absolute atomic E-state index is 15.9. The average Bonchev–Trinajstić information content (AvgIpc) is 3.69. The first-order chi connectivity index (χ1) is 24.6. The Bertz CT molecular complexity index is 2470. The van der Waals surface area contributed by atoms with Crippen LogP contribution < -0.4 is 0 Å². The van der Waals surface area contributed by atoms with Crippen LogP contribution in [0, 0.1) is 22.5 Å². The number of aliphatic carboxylic acids is 1. The molecule has 3 heterocycles. The highest BCUT2D eigenvalue weighted by atomic mass is 32.2. The van der Waals surface area contributed by atoms with E-state index in [1.165, 1.54) is 10.9 Å². The fourth-order valence-electron chi connectivity index (χ4n) is 7.49. The van der Waals surface area contributed by atoms with Crippen LogP contribution in [0.5, 0.6) is 0 Å². The van der Waals surface area contributed by atoms with Gasteiger partial charge in [0, 0.05) is 24.1 Å². The van der Waals surface area contributed by atoms with Crippen molar-refractivity contribution in [2.24, 2.45) is 17.9 Å². The Hall–Kier alpha value is -4.43. The fourth-order valence-corrected chi connectivity index (χ4v) is 11.1. The lowest BCUT2D eigenvalue weighted by Gasteiger charge is -2.31. The first-order valence-corrected chi connectivity index (χ1v) is 20.7. The summed E-state index contributed by atoms with van der Waals surface area (Å²) in [6, 6.07) is 13.3. The molecule has 0 saturated heterocycles. The van der Waals surface area contributed by atoms with E-state index in [0.29, 0.717) is 36.0 Å². The zero-order valence-electron chi connectivity index (χ0n) is 30.6. The number of nitrogens with zero attached hydrogens (tertiary/aromatic N) is 3. The van der Waals surface area contributed by atoms with E-state index in [9.17, 15) is 26.7 Å². The van der Waals surface area contributed by atoms with Gasteiger partial charge in [0.15, 0.2) is 21.5 Å². The summed E-state index contributed by atoms with van der Waals surface area (Å²) in [6.07, 6.45) is 3.03. The van der Waals surface area contributed by atoms with E-state index >= 15 is 8.78 Å². The van der Waals surface area contributed by atoms with Gasteiger partial charge in [0.1, 0.15) is 16.5 Å². The molecule has 0 amide bonds. The van der Waals surface area contributed by atoms with Crippen LogP contribution in [0.2, 0.25) is 0 Å². The Morgan fingerprint density at radius 1 is 1.00 bits per heavy atom. The minimum absolute atomic E-state index is 0.0281. The highest BCUT2D eigenvalue weighted by molar-refractivity contribution is 7.92. The van der Waals surface area contributed by atoms with Crippen molar-refractivity contribution in [2.45, 2.75) is 81.9 Å². The first-order valence-electron chi connectivity index (χ1n) is 17.4. The molecular formula is C39H44F2N4O6S2. The number of hydrogen-bond donors (Lipinski definition) is 2. The number of carboxylic acid groups (broad SMARTS) is 1. The van der Waals surface area contributed by atoms with Gasteiger partial charge in [-0.1, -0.05) is 44.5 Å². The van der Waals surface area contributed by atoms with Crippen molar-refractivity contribution in [2.75, 3.05) is 11.5 Å². The molecule has 3 aromatic carbocycles. The number of rotatable bonds is 4. The quantitative estimate of drug-likeness (QED) is 0.182. The van der Waals surface area contributed by atoms with Gasteiger partial charge in [-0.3, -0.25) is 4.79 Å². The summed E-state index contributed by atoms with van der Waals surface area (Å²) in [4.78, 5) is 18.6. The molecule has 10 nitrogen and oxygen atoms in total. The Balaban J connectivity index is 1.56. The summed E-state index contributed by atoms with van der Waals surface area (Å²) < 4.78 is 89.2. The van der Waals surface area contributed by atoms with Crippen LogP contribution in [0.25, 0.3) is 22.3 Å². The van der Waals surface area contributed by atoms with E-state index in [2.05, 4.69) is 4.98 Å². The number of sulfone groups is 2. The highest BCUT2D eigenvalue weighted by Gasteiger charge is 2.37. The number of carboxylic acids is 1. The second-order valence-electron chi connectivity index (χ2n) is 15.9. The summed E-state index contributed by atoms with van der Waals surface area (Å²) >= 11 is 0. The van der Waals surface area contributed by atoms with Crippen molar-refractivity contribution in [1.29, 1.82) is 0 Å². The third kappa shape index (κ3) is 7.40. The number of aryl methyl sites for hydroxylation is 2. The zero-order valence-corrected chi connectivity index (χ0v) is 32.3. The molecule has 1 atom stereocenters. The third-order valence-electron chi connectivity index (χ3n) is 10.5. The van der Waals surface area contributed by atoms with Gasteiger partial charge in [0.25, 0.3) is 0 Å². The molecule has 282 valence electrons. The molecule has 0 fully saturated rings. The molecule has 1 aliphatic heterocycles. The molecule has 5 aromatic rings. The smallest absolute Gasteiger partial charge is 0.309 e. The van der Waals surface area contributed by atoms with Crippen LogP contribution in [-0.2, 0) is 49.8 Å². The molecule has 2 aromatic heterocycles. The van der Waals surface area contributed by atoms with E-state index < -0.39 is 69.1 Å². The average molecular weight is 767 g/mol. The molecule has 0 radical (unpaired) electrons. The van der Waals surface area contributed by atoms with Gasteiger partial charge in [0.05, 0.1) is 32.8 Å². The maximum Gasteiger partial charge on any atom is 0.309 e. The number of H-pyrrole nitrogens is 1. The number of aromatic amines is 1. The van der Waals surface area contributed by atoms with Crippen molar-refractivity contribution >= 4 is 36.5 Å². The Kier molecular flexibility index (Phi) is 9.72. The van der Waals surface area contributed by atoms with Gasteiger partial charge in [0.2, 0.25) is 9.84 Å². The van der Waals surface area contributed by atoms with Gasteiger partial charge in [-0.2, -0.15) is 5.10 Å². The number of carbonyl (C=O) groups is 1. The fraction of sp³-hybridized carbons (Fsp3) is 0.410. The SMILES string of the molecule is Cn1nc2nc1-c1cc(ccc1F)S(=O)(=O)c1c(F)cc3[nH]ccc3c1CCS(=O)(=O)CC(C)(C)CCC[C@]2(C)c1cccc(CC(C)(C)C(=O)O)c1. The predicted molar refractivity (Wildman–Crippen MR) is 198 cm³/mol. The van der Waals surface area contributed by atoms with Crippen molar-refractivity contribution in [3.63, 3.8) is 0 Å². The molecule has 1 aliphatic rings. The molecule has 0 unspecified atom stereocenters. The van der Waals surface area contributed by atoms with Crippen LogP contribution in [0.15, 0.2) is 70.6 Å². The van der Waals surface area contributed by atoms with E-state index in [-0.39, 0.29) is 35.5 Å².